The molecular formula is C22H26N6O3. The molecule has 2 aromatic heterocycles. The number of likely N-dealkylation sites (tertiary alicyclic amines) is 1. The molecule has 2 amide bonds. The fourth-order valence-electron chi connectivity index (χ4n) is 3.75. The summed E-state index contributed by atoms with van der Waals surface area (Å²) in [5, 5.41) is 11.4. The Morgan fingerprint density at radius 1 is 1.06 bits per heavy atom. The molecule has 0 radical (unpaired) electrons. The second-order valence-electron chi connectivity index (χ2n) is 7.48. The van der Waals surface area contributed by atoms with Crippen molar-refractivity contribution < 1.29 is 14.3 Å². The zero-order valence-corrected chi connectivity index (χ0v) is 17.5. The number of nitrogens with one attached hydrogen (secondary N) is 1. The number of aromatic nitrogens is 4. The lowest BCUT2D eigenvalue weighted by Crippen LogP contribution is -2.40. The van der Waals surface area contributed by atoms with E-state index in [0.717, 1.165) is 18.6 Å². The van der Waals surface area contributed by atoms with Gasteiger partial charge in [0, 0.05) is 32.4 Å². The largest absolute Gasteiger partial charge is 0.493 e. The van der Waals surface area contributed by atoms with Crippen molar-refractivity contribution in [1.82, 2.24) is 24.5 Å². The van der Waals surface area contributed by atoms with Gasteiger partial charge in [-0.2, -0.15) is 10.2 Å². The average molecular weight is 422 g/mol. The topological polar surface area (TPSA) is 94.3 Å². The van der Waals surface area contributed by atoms with E-state index in [2.05, 4.69) is 15.5 Å². The molecule has 0 spiro atoms. The third-order valence-electron chi connectivity index (χ3n) is 5.42. The van der Waals surface area contributed by atoms with Crippen LogP contribution in [0.3, 0.4) is 0 Å². The van der Waals surface area contributed by atoms with E-state index >= 15 is 0 Å². The Morgan fingerprint density at radius 2 is 1.81 bits per heavy atom. The van der Waals surface area contributed by atoms with Crippen LogP contribution in [0.15, 0.2) is 54.9 Å². The van der Waals surface area contributed by atoms with Crippen LogP contribution >= 0.6 is 0 Å². The van der Waals surface area contributed by atoms with Gasteiger partial charge in [0.1, 0.15) is 17.3 Å². The van der Waals surface area contributed by atoms with Crippen LogP contribution < -0.4 is 10.1 Å². The van der Waals surface area contributed by atoms with E-state index in [1.165, 1.54) is 0 Å². The summed E-state index contributed by atoms with van der Waals surface area (Å²) in [7, 11) is 1.77. The third-order valence-corrected chi connectivity index (χ3v) is 5.42. The average Bonchev–Trinajstić information content (AvgIpc) is 3.43. The molecule has 3 heterocycles. The van der Waals surface area contributed by atoms with Crippen LogP contribution in [-0.2, 0) is 11.8 Å². The van der Waals surface area contributed by atoms with Crippen molar-refractivity contribution in [2.24, 2.45) is 7.05 Å². The number of para-hydroxylation sites is 1. The molecule has 0 bridgehead atoms. The van der Waals surface area contributed by atoms with Crippen LogP contribution in [0, 0.1) is 0 Å². The van der Waals surface area contributed by atoms with Gasteiger partial charge in [0.25, 0.3) is 5.91 Å². The summed E-state index contributed by atoms with van der Waals surface area (Å²) in [6.45, 7) is 1.57. The van der Waals surface area contributed by atoms with Gasteiger partial charge in [0.15, 0.2) is 0 Å². The maximum Gasteiger partial charge on any atom is 0.272 e. The Morgan fingerprint density at radius 3 is 2.52 bits per heavy atom. The second kappa shape index (κ2) is 9.46. The number of amides is 2. The molecule has 1 aliphatic rings. The van der Waals surface area contributed by atoms with Crippen LogP contribution in [0.4, 0.5) is 5.82 Å². The first-order chi connectivity index (χ1) is 15.1. The number of hydrogen-bond acceptors (Lipinski definition) is 5. The maximum atomic E-state index is 12.7. The first-order valence-electron chi connectivity index (χ1n) is 10.4. The Bertz CT molecular complexity index is 1020. The number of ether oxygens (including phenoxy) is 1. The van der Waals surface area contributed by atoms with Crippen LogP contribution in [0.2, 0.25) is 0 Å². The van der Waals surface area contributed by atoms with Crippen molar-refractivity contribution in [2.75, 3.05) is 25.0 Å². The van der Waals surface area contributed by atoms with Crippen molar-refractivity contribution in [3.63, 3.8) is 0 Å². The number of piperidine rings is 1. The minimum absolute atomic E-state index is 0.00847. The van der Waals surface area contributed by atoms with Crippen molar-refractivity contribution in [1.29, 1.82) is 0 Å². The predicted molar refractivity (Wildman–Crippen MR) is 115 cm³/mol. The molecule has 1 aliphatic heterocycles. The molecule has 9 heteroatoms. The van der Waals surface area contributed by atoms with Crippen LogP contribution in [0.1, 0.15) is 35.8 Å². The Balaban J connectivity index is 1.28. The van der Waals surface area contributed by atoms with Crippen molar-refractivity contribution in [2.45, 2.75) is 25.3 Å². The lowest BCUT2D eigenvalue weighted by molar-refractivity contribution is -0.116. The van der Waals surface area contributed by atoms with Gasteiger partial charge in [0.05, 0.1) is 25.3 Å². The third kappa shape index (κ3) is 4.93. The molecule has 0 unspecified atom stereocenters. The van der Waals surface area contributed by atoms with E-state index in [-0.39, 0.29) is 24.3 Å². The molecule has 1 aromatic carbocycles. The zero-order chi connectivity index (χ0) is 21.6. The highest BCUT2D eigenvalue weighted by atomic mass is 16.5. The number of hydrogen-bond donors (Lipinski definition) is 1. The van der Waals surface area contributed by atoms with Crippen molar-refractivity contribution in [3.8, 4) is 5.75 Å². The minimum Gasteiger partial charge on any atom is -0.493 e. The van der Waals surface area contributed by atoms with Gasteiger partial charge in [-0.15, -0.1) is 0 Å². The lowest BCUT2D eigenvalue weighted by Gasteiger charge is -2.32. The normalized spacial score (nSPS) is 14.4. The Hall–Kier alpha value is -3.62. The van der Waals surface area contributed by atoms with Crippen LogP contribution in [0.5, 0.6) is 5.75 Å². The van der Waals surface area contributed by atoms with E-state index in [1.54, 1.807) is 36.3 Å². The number of benzene rings is 1. The summed E-state index contributed by atoms with van der Waals surface area (Å²) in [6.07, 6.45) is 5.10. The summed E-state index contributed by atoms with van der Waals surface area (Å²) >= 11 is 0. The Labute approximate surface area is 180 Å². The molecule has 4 rings (SSSR count). The molecule has 0 atom stereocenters. The summed E-state index contributed by atoms with van der Waals surface area (Å²) in [5.41, 5.74) is 0.586. The number of carbonyl (C=O) groups excluding carboxylic acids is 2. The summed E-state index contributed by atoms with van der Waals surface area (Å²) in [4.78, 5) is 26.9. The maximum absolute atomic E-state index is 12.7. The molecular weight excluding hydrogens is 396 g/mol. The molecule has 0 saturated carbocycles. The SMILES string of the molecule is Cn1nccc1C(=O)N1CCC(n2nccc2NC(=O)CCOc2ccccc2)CC1. The zero-order valence-electron chi connectivity index (χ0n) is 17.5. The molecule has 1 N–H and O–H groups in total. The molecule has 1 saturated heterocycles. The van der Waals surface area contributed by atoms with Gasteiger partial charge in [-0.05, 0) is 31.0 Å². The van der Waals surface area contributed by atoms with Gasteiger partial charge in [-0.25, -0.2) is 4.68 Å². The number of rotatable bonds is 7. The monoisotopic (exact) mass is 422 g/mol. The molecule has 162 valence electrons. The fraction of sp³-hybridized carbons (Fsp3) is 0.364. The van der Waals surface area contributed by atoms with Crippen LogP contribution in [0.25, 0.3) is 0 Å². The molecule has 31 heavy (non-hydrogen) atoms. The molecule has 0 aliphatic carbocycles. The highest BCUT2D eigenvalue weighted by Gasteiger charge is 2.27. The van der Waals surface area contributed by atoms with Gasteiger partial charge in [-0.3, -0.25) is 14.3 Å². The standard InChI is InChI=1S/C22H26N6O3/c1-26-19(7-12-23-26)22(30)27-14-9-17(10-15-27)28-20(8-13-24-28)25-21(29)11-16-31-18-5-3-2-4-6-18/h2-8,12-13,17H,9-11,14-16H2,1H3,(H,25,29). The van der Waals surface area contributed by atoms with Gasteiger partial charge >= 0.3 is 0 Å². The van der Waals surface area contributed by atoms with Crippen molar-refractivity contribution >= 4 is 17.6 Å². The van der Waals surface area contributed by atoms with Gasteiger partial charge in [0.2, 0.25) is 5.91 Å². The number of nitrogens with zero attached hydrogens (tertiary/aromatic N) is 5. The van der Waals surface area contributed by atoms with Gasteiger partial charge < -0.3 is 15.0 Å². The first-order valence-corrected chi connectivity index (χ1v) is 10.4. The summed E-state index contributed by atoms with van der Waals surface area (Å²) in [5.74, 6) is 1.28. The fourth-order valence-corrected chi connectivity index (χ4v) is 3.75. The lowest BCUT2D eigenvalue weighted by atomic mass is 10.0. The van der Waals surface area contributed by atoms with E-state index in [9.17, 15) is 9.59 Å². The number of anilines is 1. The highest BCUT2D eigenvalue weighted by Crippen LogP contribution is 2.26. The van der Waals surface area contributed by atoms with Crippen LogP contribution in [-0.4, -0.2) is 56.0 Å². The number of carbonyl (C=O) groups is 2. The molecule has 9 nitrogen and oxygen atoms in total. The smallest absolute Gasteiger partial charge is 0.272 e. The van der Waals surface area contributed by atoms with E-state index in [0.29, 0.717) is 31.2 Å². The molecule has 3 aromatic rings. The van der Waals surface area contributed by atoms with E-state index in [1.807, 2.05) is 39.9 Å². The number of aryl methyl sites for hydroxylation is 1. The predicted octanol–water partition coefficient (Wildman–Crippen LogP) is 2.50. The van der Waals surface area contributed by atoms with E-state index < -0.39 is 0 Å². The van der Waals surface area contributed by atoms with Gasteiger partial charge in [-0.1, -0.05) is 18.2 Å². The first kappa shape index (κ1) is 20.6. The summed E-state index contributed by atoms with van der Waals surface area (Å²) in [6, 6.07) is 13.1. The minimum atomic E-state index is -0.124. The Kier molecular flexibility index (Phi) is 6.30. The van der Waals surface area contributed by atoms with Crippen molar-refractivity contribution in [3.05, 3.63) is 60.6 Å². The van der Waals surface area contributed by atoms with E-state index in [4.69, 9.17) is 4.74 Å². The highest BCUT2D eigenvalue weighted by molar-refractivity contribution is 5.92. The second-order valence-corrected chi connectivity index (χ2v) is 7.48. The molecule has 1 fully saturated rings. The summed E-state index contributed by atoms with van der Waals surface area (Å²) < 4.78 is 9.03. The quantitative estimate of drug-likeness (QED) is 0.631.